The minimum absolute atomic E-state index is 0.268. The second-order valence-electron chi connectivity index (χ2n) is 7.29. The van der Waals surface area contributed by atoms with Crippen LogP contribution in [0.3, 0.4) is 0 Å². The van der Waals surface area contributed by atoms with Crippen molar-refractivity contribution in [1.29, 1.82) is 0 Å². The average molecular weight is 377 g/mol. The van der Waals surface area contributed by atoms with Crippen molar-refractivity contribution < 1.29 is 9.18 Å². The zero-order valence-corrected chi connectivity index (χ0v) is 15.3. The van der Waals surface area contributed by atoms with E-state index < -0.39 is 0 Å². The first-order valence-electron chi connectivity index (χ1n) is 9.49. The predicted molar refractivity (Wildman–Crippen MR) is 104 cm³/mol. The lowest BCUT2D eigenvalue weighted by molar-refractivity contribution is -0.105. The number of benzene rings is 1. The van der Waals surface area contributed by atoms with Gasteiger partial charge in [0.25, 0.3) is 0 Å². The molecule has 0 bridgehead atoms. The third-order valence-electron chi connectivity index (χ3n) is 5.45. The largest absolute Gasteiger partial charge is 0.313 e. The number of amides is 1. The smallest absolute Gasteiger partial charge is 0.212 e. The highest BCUT2D eigenvalue weighted by Crippen LogP contribution is 2.39. The number of aromatic nitrogens is 3. The SMILES string of the molecule is O=CNc1cc(-c2c(-c3ccc(F)cc3)nn3c2CN(C2CC2)CC3)ccn1. The van der Waals surface area contributed by atoms with Crippen LogP contribution in [0.5, 0.6) is 0 Å². The molecule has 0 radical (unpaired) electrons. The second-order valence-corrected chi connectivity index (χ2v) is 7.29. The van der Waals surface area contributed by atoms with Gasteiger partial charge >= 0.3 is 0 Å². The number of pyridine rings is 1. The molecule has 1 saturated carbocycles. The van der Waals surface area contributed by atoms with Gasteiger partial charge in [-0.05, 0) is 54.8 Å². The van der Waals surface area contributed by atoms with Gasteiger partial charge in [-0.25, -0.2) is 9.37 Å². The highest BCUT2D eigenvalue weighted by atomic mass is 19.1. The second kappa shape index (κ2) is 6.83. The molecule has 28 heavy (non-hydrogen) atoms. The standard InChI is InChI=1S/C21H20FN5O/c22-16-3-1-14(2-4-16)21-20(15-7-8-23-19(11-15)24-13-28)18-12-26(17-5-6-17)9-10-27(18)25-21/h1-4,7-8,11,13,17H,5-6,9-10,12H2,(H,23,24,28). The van der Waals surface area contributed by atoms with Crippen LogP contribution >= 0.6 is 0 Å². The van der Waals surface area contributed by atoms with Gasteiger partial charge in [-0.1, -0.05) is 0 Å². The number of rotatable bonds is 5. The van der Waals surface area contributed by atoms with Gasteiger partial charge in [0, 0.05) is 36.5 Å². The molecule has 1 amide bonds. The van der Waals surface area contributed by atoms with Crippen LogP contribution < -0.4 is 5.32 Å². The molecule has 7 heteroatoms. The highest BCUT2D eigenvalue weighted by Gasteiger charge is 2.34. The van der Waals surface area contributed by atoms with E-state index in [0.717, 1.165) is 47.7 Å². The molecule has 3 aromatic rings. The lowest BCUT2D eigenvalue weighted by Crippen LogP contribution is -2.35. The molecule has 0 saturated heterocycles. The number of nitrogens with zero attached hydrogens (tertiary/aromatic N) is 4. The van der Waals surface area contributed by atoms with E-state index >= 15 is 0 Å². The number of fused-ring (bicyclic) bond motifs is 1. The van der Waals surface area contributed by atoms with Gasteiger partial charge in [0.05, 0.1) is 12.2 Å². The maximum Gasteiger partial charge on any atom is 0.212 e. The van der Waals surface area contributed by atoms with E-state index in [2.05, 4.69) is 19.9 Å². The molecular formula is C21H20FN5O. The Kier molecular flexibility index (Phi) is 4.16. The van der Waals surface area contributed by atoms with Crippen LogP contribution in [-0.4, -0.2) is 38.7 Å². The lowest BCUT2D eigenvalue weighted by Gasteiger charge is -2.28. The molecule has 1 aromatic carbocycles. The van der Waals surface area contributed by atoms with Crippen LogP contribution in [-0.2, 0) is 17.9 Å². The summed E-state index contributed by atoms with van der Waals surface area (Å²) in [6.07, 6.45) is 4.82. The van der Waals surface area contributed by atoms with Gasteiger partial charge in [0.1, 0.15) is 17.3 Å². The molecular weight excluding hydrogens is 357 g/mol. The molecule has 1 aliphatic heterocycles. The van der Waals surface area contributed by atoms with E-state index in [1.165, 1.54) is 25.0 Å². The molecule has 6 nitrogen and oxygen atoms in total. The third kappa shape index (κ3) is 3.07. The number of hydrogen-bond acceptors (Lipinski definition) is 4. The Morgan fingerprint density at radius 2 is 1.93 bits per heavy atom. The topological polar surface area (TPSA) is 63.1 Å². The molecule has 0 atom stereocenters. The van der Waals surface area contributed by atoms with E-state index in [9.17, 15) is 9.18 Å². The van der Waals surface area contributed by atoms with Gasteiger partial charge in [0.15, 0.2) is 0 Å². The summed E-state index contributed by atoms with van der Waals surface area (Å²) in [5.41, 5.74) is 4.82. The van der Waals surface area contributed by atoms with Crippen LogP contribution in [0.1, 0.15) is 18.5 Å². The van der Waals surface area contributed by atoms with Crippen molar-refractivity contribution in [3.8, 4) is 22.4 Å². The normalized spacial score (nSPS) is 16.6. The third-order valence-corrected chi connectivity index (χ3v) is 5.45. The molecule has 5 rings (SSSR count). The van der Waals surface area contributed by atoms with Gasteiger partial charge in [-0.2, -0.15) is 5.10 Å². The molecule has 0 unspecified atom stereocenters. The van der Waals surface area contributed by atoms with Crippen molar-refractivity contribution in [3.05, 3.63) is 54.1 Å². The minimum Gasteiger partial charge on any atom is -0.313 e. The fourth-order valence-electron chi connectivity index (χ4n) is 3.93. The van der Waals surface area contributed by atoms with E-state index in [0.29, 0.717) is 18.3 Å². The van der Waals surface area contributed by atoms with Gasteiger partial charge in [0.2, 0.25) is 6.41 Å². The predicted octanol–water partition coefficient (Wildman–Crippen LogP) is 3.30. The Balaban J connectivity index is 1.66. The van der Waals surface area contributed by atoms with E-state index in [-0.39, 0.29) is 5.82 Å². The summed E-state index contributed by atoms with van der Waals surface area (Å²) in [7, 11) is 0. The Morgan fingerprint density at radius 3 is 2.68 bits per heavy atom. The van der Waals surface area contributed by atoms with E-state index in [4.69, 9.17) is 5.10 Å². The number of nitrogens with one attached hydrogen (secondary N) is 1. The summed E-state index contributed by atoms with van der Waals surface area (Å²) in [6.45, 7) is 2.67. The maximum absolute atomic E-state index is 13.5. The lowest BCUT2D eigenvalue weighted by atomic mass is 9.98. The van der Waals surface area contributed by atoms with E-state index in [1.807, 2.05) is 12.1 Å². The van der Waals surface area contributed by atoms with Gasteiger partial charge < -0.3 is 5.32 Å². The quantitative estimate of drug-likeness (QED) is 0.693. The molecule has 2 aliphatic rings. The van der Waals surface area contributed by atoms with Crippen molar-refractivity contribution in [2.24, 2.45) is 0 Å². The number of carbonyl (C=O) groups is 1. The minimum atomic E-state index is -0.268. The Morgan fingerprint density at radius 1 is 1.11 bits per heavy atom. The van der Waals surface area contributed by atoms with Gasteiger partial charge in [-0.3, -0.25) is 14.4 Å². The van der Waals surface area contributed by atoms with Crippen molar-refractivity contribution in [1.82, 2.24) is 19.7 Å². The molecule has 2 aromatic heterocycles. The fraction of sp³-hybridized carbons (Fsp3) is 0.286. The Hall–Kier alpha value is -3.06. The Labute approximate surface area is 162 Å². The zero-order valence-electron chi connectivity index (χ0n) is 15.3. The number of anilines is 1. The number of carbonyl (C=O) groups excluding carboxylic acids is 1. The first kappa shape index (κ1) is 17.1. The van der Waals surface area contributed by atoms with Crippen LogP contribution in [0.15, 0.2) is 42.6 Å². The molecule has 0 spiro atoms. The summed E-state index contributed by atoms with van der Waals surface area (Å²) in [6, 6.07) is 10.9. The molecule has 3 heterocycles. The van der Waals surface area contributed by atoms with Crippen LogP contribution in [0.25, 0.3) is 22.4 Å². The van der Waals surface area contributed by atoms with Gasteiger partial charge in [-0.15, -0.1) is 0 Å². The van der Waals surface area contributed by atoms with Crippen LogP contribution in [0, 0.1) is 5.82 Å². The zero-order chi connectivity index (χ0) is 19.1. The molecule has 142 valence electrons. The fourth-order valence-corrected chi connectivity index (χ4v) is 3.93. The number of halogens is 1. The van der Waals surface area contributed by atoms with Crippen molar-refractivity contribution in [2.75, 3.05) is 11.9 Å². The summed E-state index contributed by atoms with van der Waals surface area (Å²) in [5.74, 6) is 0.225. The first-order chi connectivity index (χ1) is 13.7. The maximum atomic E-state index is 13.5. The Bertz CT molecular complexity index is 1030. The van der Waals surface area contributed by atoms with E-state index in [1.54, 1.807) is 18.3 Å². The van der Waals surface area contributed by atoms with Crippen LogP contribution in [0.2, 0.25) is 0 Å². The first-order valence-corrected chi connectivity index (χ1v) is 9.49. The van der Waals surface area contributed by atoms with Crippen molar-refractivity contribution in [3.63, 3.8) is 0 Å². The summed E-state index contributed by atoms with van der Waals surface area (Å²) in [4.78, 5) is 17.5. The monoisotopic (exact) mass is 377 g/mol. The summed E-state index contributed by atoms with van der Waals surface area (Å²) in [5, 5.41) is 7.49. The van der Waals surface area contributed by atoms with Crippen molar-refractivity contribution in [2.45, 2.75) is 32.0 Å². The summed E-state index contributed by atoms with van der Waals surface area (Å²) >= 11 is 0. The average Bonchev–Trinajstić information content (AvgIpc) is 3.49. The van der Waals surface area contributed by atoms with Crippen molar-refractivity contribution >= 4 is 12.2 Å². The van der Waals surface area contributed by atoms with Crippen LogP contribution in [0.4, 0.5) is 10.2 Å². The summed E-state index contributed by atoms with van der Waals surface area (Å²) < 4.78 is 15.5. The molecule has 1 aliphatic carbocycles. The highest BCUT2D eigenvalue weighted by molar-refractivity contribution is 5.84. The number of hydrogen-bond donors (Lipinski definition) is 1. The molecule has 1 fully saturated rings. The molecule has 1 N–H and O–H groups in total.